The minimum Gasteiger partial charge on any atom is -0.384 e. The standard InChI is InChI=1S/C24H31N5O/c1-3-28(4-2)15-8-5-9-16-29-21-14-7-6-13-20(21)27-22(24(29)30)18-11-10-12-19(17-18)23(25)26/h6-7,10-14,17H,3-5,8-9,15-16H2,1-2H3,(H3,25,26). The minimum absolute atomic E-state index is 0.0221. The Morgan fingerprint density at radius 2 is 1.83 bits per heavy atom. The molecule has 3 rings (SSSR count). The van der Waals surface area contributed by atoms with Gasteiger partial charge < -0.3 is 15.2 Å². The van der Waals surface area contributed by atoms with Crippen LogP contribution in [0.15, 0.2) is 53.3 Å². The van der Waals surface area contributed by atoms with E-state index >= 15 is 0 Å². The highest BCUT2D eigenvalue weighted by atomic mass is 16.1. The summed E-state index contributed by atoms with van der Waals surface area (Å²) in [4.78, 5) is 20.4. The van der Waals surface area contributed by atoms with Gasteiger partial charge in [0.25, 0.3) is 5.56 Å². The number of nitrogens with two attached hydrogens (primary N) is 1. The summed E-state index contributed by atoms with van der Waals surface area (Å²) in [6.45, 7) is 8.30. The molecule has 6 nitrogen and oxygen atoms in total. The first-order chi connectivity index (χ1) is 14.5. The van der Waals surface area contributed by atoms with Crippen LogP contribution in [0.25, 0.3) is 22.3 Å². The third kappa shape index (κ3) is 4.94. The zero-order valence-electron chi connectivity index (χ0n) is 17.9. The van der Waals surface area contributed by atoms with Gasteiger partial charge in [-0.1, -0.05) is 50.6 Å². The van der Waals surface area contributed by atoms with E-state index in [1.54, 1.807) is 18.2 Å². The highest BCUT2D eigenvalue weighted by Crippen LogP contribution is 2.19. The van der Waals surface area contributed by atoms with Gasteiger partial charge in [0.15, 0.2) is 0 Å². The van der Waals surface area contributed by atoms with Crippen molar-refractivity contribution in [1.29, 1.82) is 5.41 Å². The van der Waals surface area contributed by atoms with Gasteiger partial charge >= 0.3 is 0 Å². The monoisotopic (exact) mass is 405 g/mol. The first kappa shape index (κ1) is 21.7. The van der Waals surface area contributed by atoms with Gasteiger partial charge in [0.1, 0.15) is 11.5 Å². The molecular formula is C24H31N5O. The number of aromatic nitrogens is 2. The smallest absolute Gasteiger partial charge is 0.277 e. The first-order valence-corrected chi connectivity index (χ1v) is 10.7. The number of benzene rings is 2. The molecule has 0 aliphatic carbocycles. The van der Waals surface area contributed by atoms with E-state index in [4.69, 9.17) is 11.1 Å². The molecule has 0 atom stereocenters. The number of nitrogens with zero attached hydrogens (tertiary/aromatic N) is 3. The van der Waals surface area contributed by atoms with E-state index < -0.39 is 0 Å². The summed E-state index contributed by atoms with van der Waals surface area (Å²) >= 11 is 0. The Morgan fingerprint density at radius 3 is 2.57 bits per heavy atom. The first-order valence-electron chi connectivity index (χ1n) is 10.7. The molecule has 30 heavy (non-hydrogen) atoms. The van der Waals surface area contributed by atoms with Crippen molar-refractivity contribution in [2.24, 2.45) is 5.73 Å². The molecule has 3 N–H and O–H groups in total. The van der Waals surface area contributed by atoms with Crippen molar-refractivity contribution in [3.05, 3.63) is 64.4 Å². The Labute approximate surface area is 177 Å². The van der Waals surface area contributed by atoms with E-state index in [1.807, 2.05) is 34.9 Å². The molecule has 6 heteroatoms. The quantitative estimate of drug-likeness (QED) is 0.305. The molecule has 0 spiro atoms. The van der Waals surface area contributed by atoms with Crippen molar-refractivity contribution >= 4 is 16.9 Å². The lowest BCUT2D eigenvalue weighted by Crippen LogP contribution is -2.25. The Kier molecular flexibility index (Phi) is 7.36. The number of para-hydroxylation sites is 2. The van der Waals surface area contributed by atoms with Crippen LogP contribution in [0.4, 0.5) is 0 Å². The highest BCUT2D eigenvalue weighted by Gasteiger charge is 2.13. The number of nitrogen functional groups attached to an aromatic ring is 1. The fourth-order valence-electron chi connectivity index (χ4n) is 3.76. The van der Waals surface area contributed by atoms with E-state index in [9.17, 15) is 4.79 Å². The van der Waals surface area contributed by atoms with Crippen LogP contribution in [-0.2, 0) is 6.54 Å². The maximum atomic E-state index is 13.3. The third-order valence-corrected chi connectivity index (χ3v) is 5.55. The molecule has 0 unspecified atom stereocenters. The second kappa shape index (κ2) is 10.2. The summed E-state index contributed by atoms with van der Waals surface area (Å²) in [6, 6.07) is 14.9. The predicted molar refractivity (Wildman–Crippen MR) is 124 cm³/mol. The summed E-state index contributed by atoms with van der Waals surface area (Å²) in [5, 5.41) is 7.68. The van der Waals surface area contributed by atoms with Crippen LogP contribution >= 0.6 is 0 Å². The molecule has 3 aromatic rings. The van der Waals surface area contributed by atoms with E-state index in [0.29, 0.717) is 23.4 Å². The minimum atomic E-state index is -0.0989. The number of aryl methyl sites for hydroxylation is 1. The molecule has 0 bridgehead atoms. The maximum absolute atomic E-state index is 13.3. The Bertz CT molecular complexity index is 1070. The number of hydrogen-bond acceptors (Lipinski definition) is 4. The summed E-state index contributed by atoms with van der Waals surface area (Å²) in [5.74, 6) is -0.0221. The topological polar surface area (TPSA) is 88.0 Å². The molecule has 0 amide bonds. The summed E-state index contributed by atoms with van der Waals surface area (Å²) < 4.78 is 1.84. The van der Waals surface area contributed by atoms with Crippen molar-refractivity contribution in [3.63, 3.8) is 0 Å². The summed E-state index contributed by atoms with van der Waals surface area (Å²) in [5.41, 5.74) is 8.86. The van der Waals surface area contributed by atoms with E-state index in [-0.39, 0.29) is 11.4 Å². The molecule has 1 aromatic heterocycles. The second-order valence-electron chi connectivity index (χ2n) is 7.49. The van der Waals surface area contributed by atoms with E-state index in [1.165, 1.54) is 0 Å². The molecule has 0 fully saturated rings. The van der Waals surface area contributed by atoms with Crippen molar-refractivity contribution in [3.8, 4) is 11.3 Å². The van der Waals surface area contributed by atoms with Gasteiger partial charge in [-0.25, -0.2) is 4.98 Å². The fourth-order valence-corrected chi connectivity index (χ4v) is 3.76. The van der Waals surface area contributed by atoms with Crippen LogP contribution < -0.4 is 11.3 Å². The lowest BCUT2D eigenvalue weighted by Gasteiger charge is -2.17. The number of rotatable bonds is 10. The lowest BCUT2D eigenvalue weighted by atomic mass is 10.1. The molecule has 0 saturated carbocycles. The normalized spacial score (nSPS) is 11.3. The SMILES string of the molecule is CCN(CC)CCCCCn1c(=O)c(-c2cccc(C(=N)N)c2)nc2ccccc21. The number of fused-ring (bicyclic) bond motifs is 1. The molecule has 1 heterocycles. The Hall–Kier alpha value is -2.99. The molecule has 0 saturated heterocycles. The fraction of sp³-hybridized carbons (Fsp3) is 0.375. The highest BCUT2D eigenvalue weighted by molar-refractivity contribution is 5.96. The maximum Gasteiger partial charge on any atom is 0.277 e. The van der Waals surface area contributed by atoms with Crippen molar-refractivity contribution in [1.82, 2.24) is 14.5 Å². The van der Waals surface area contributed by atoms with Crippen LogP contribution in [0.5, 0.6) is 0 Å². The number of unbranched alkanes of at least 4 members (excludes halogenated alkanes) is 2. The van der Waals surface area contributed by atoms with Gasteiger partial charge in [-0.05, 0) is 50.7 Å². The van der Waals surface area contributed by atoms with E-state index in [0.717, 1.165) is 49.9 Å². The van der Waals surface area contributed by atoms with Crippen LogP contribution in [0.1, 0.15) is 38.7 Å². The Morgan fingerprint density at radius 1 is 1.07 bits per heavy atom. The van der Waals surface area contributed by atoms with Crippen molar-refractivity contribution in [2.75, 3.05) is 19.6 Å². The van der Waals surface area contributed by atoms with Crippen LogP contribution in [0.2, 0.25) is 0 Å². The van der Waals surface area contributed by atoms with Gasteiger partial charge in [-0.3, -0.25) is 10.2 Å². The van der Waals surface area contributed by atoms with Gasteiger partial charge in [0.05, 0.1) is 11.0 Å². The van der Waals surface area contributed by atoms with Gasteiger partial charge in [-0.15, -0.1) is 0 Å². The van der Waals surface area contributed by atoms with Gasteiger partial charge in [0.2, 0.25) is 0 Å². The second-order valence-corrected chi connectivity index (χ2v) is 7.49. The molecular weight excluding hydrogens is 374 g/mol. The molecule has 2 aromatic carbocycles. The van der Waals surface area contributed by atoms with Crippen LogP contribution in [0.3, 0.4) is 0 Å². The summed E-state index contributed by atoms with van der Waals surface area (Å²) in [6.07, 6.45) is 3.16. The van der Waals surface area contributed by atoms with Crippen LogP contribution in [-0.4, -0.2) is 39.9 Å². The third-order valence-electron chi connectivity index (χ3n) is 5.55. The number of amidine groups is 1. The van der Waals surface area contributed by atoms with Crippen LogP contribution in [0, 0.1) is 5.41 Å². The van der Waals surface area contributed by atoms with Crippen molar-refractivity contribution < 1.29 is 0 Å². The predicted octanol–water partition coefficient (Wildman–Crippen LogP) is 3.86. The Balaban J connectivity index is 1.88. The average molecular weight is 406 g/mol. The largest absolute Gasteiger partial charge is 0.384 e. The van der Waals surface area contributed by atoms with E-state index in [2.05, 4.69) is 23.7 Å². The zero-order chi connectivity index (χ0) is 21.5. The number of hydrogen-bond donors (Lipinski definition) is 2. The van der Waals surface area contributed by atoms with Gasteiger partial charge in [-0.2, -0.15) is 0 Å². The summed E-state index contributed by atoms with van der Waals surface area (Å²) in [7, 11) is 0. The van der Waals surface area contributed by atoms with Gasteiger partial charge in [0, 0.05) is 17.7 Å². The number of nitrogens with one attached hydrogen (secondary N) is 1. The lowest BCUT2D eigenvalue weighted by molar-refractivity contribution is 0.295. The average Bonchev–Trinajstić information content (AvgIpc) is 2.77. The molecule has 158 valence electrons. The molecule has 0 radical (unpaired) electrons. The molecule has 0 aliphatic heterocycles. The zero-order valence-corrected chi connectivity index (χ0v) is 17.9. The van der Waals surface area contributed by atoms with Crippen molar-refractivity contribution in [2.45, 2.75) is 39.7 Å². The molecule has 0 aliphatic rings.